The van der Waals surface area contributed by atoms with Crippen LogP contribution in [-0.4, -0.2) is 37.9 Å². The molecule has 6 nitrogen and oxygen atoms in total. The van der Waals surface area contributed by atoms with Crippen LogP contribution in [0.15, 0.2) is 48.5 Å². The summed E-state index contributed by atoms with van der Waals surface area (Å²) in [4.78, 5) is 26.3. The van der Waals surface area contributed by atoms with Gasteiger partial charge in [-0.25, -0.2) is 0 Å². The summed E-state index contributed by atoms with van der Waals surface area (Å²) in [7, 11) is 4.86. The van der Waals surface area contributed by atoms with Gasteiger partial charge in [0, 0.05) is 25.7 Å². The first-order valence-corrected chi connectivity index (χ1v) is 8.36. The summed E-state index contributed by atoms with van der Waals surface area (Å²) in [5.74, 6) is -0.379. The first-order chi connectivity index (χ1) is 12.3. The van der Waals surface area contributed by atoms with Gasteiger partial charge in [-0.15, -0.1) is 12.4 Å². The third-order valence-corrected chi connectivity index (χ3v) is 4.25. The van der Waals surface area contributed by atoms with Crippen molar-refractivity contribution in [3.63, 3.8) is 0 Å². The van der Waals surface area contributed by atoms with Crippen LogP contribution in [0.4, 0.5) is 5.69 Å². The van der Waals surface area contributed by atoms with Gasteiger partial charge in [0.15, 0.2) is 0 Å². The van der Waals surface area contributed by atoms with E-state index in [0.717, 1.165) is 5.56 Å². The van der Waals surface area contributed by atoms with E-state index in [2.05, 4.69) is 5.32 Å². The molecular weight excluding hydrogens is 366 g/mol. The number of anilines is 1. The molecule has 0 aliphatic rings. The van der Waals surface area contributed by atoms with Crippen molar-refractivity contribution in [3.05, 3.63) is 59.7 Å². The standard InChI is InChI=1S/C20H25N3O3.ClH/c1-13(18(21)14-8-6-5-7-9-14)19(24)22-16-12-15(20(25)23(2)3)10-11-17(16)26-4;/h5-13,18H,21H2,1-4H3,(H,22,24);1H. The molecule has 0 saturated carbocycles. The van der Waals surface area contributed by atoms with Gasteiger partial charge in [0.05, 0.1) is 18.7 Å². The maximum absolute atomic E-state index is 12.7. The number of carbonyl (C=O) groups excluding carboxylic acids is 2. The highest BCUT2D eigenvalue weighted by molar-refractivity contribution is 5.98. The highest BCUT2D eigenvalue weighted by atomic mass is 35.5. The molecule has 0 aliphatic carbocycles. The topological polar surface area (TPSA) is 84.7 Å². The van der Waals surface area contributed by atoms with Crippen LogP contribution in [-0.2, 0) is 4.79 Å². The van der Waals surface area contributed by atoms with Crippen LogP contribution < -0.4 is 15.8 Å². The van der Waals surface area contributed by atoms with E-state index >= 15 is 0 Å². The minimum absolute atomic E-state index is 0. The molecule has 0 aliphatic heterocycles. The average molecular weight is 392 g/mol. The largest absolute Gasteiger partial charge is 0.495 e. The van der Waals surface area contributed by atoms with E-state index in [0.29, 0.717) is 17.0 Å². The Morgan fingerprint density at radius 3 is 2.30 bits per heavy atom. The van der Waals surface area contributed by atoms with Crippen molar-refractivity contribution in [1.82, 2.24) is 4.90 Å². The molecule has 2 rings (SSSR count). The van der Waals surface area contributed by atoms with E-state index in [4.69, 9.17) is 10.5 Å². The number of nitrogens with two attached hydrogens (primary N) is 1. The summed E-state index contributed by atoms with van der Waals surface area (Å²) in [5.41, 5.74) is 8.02. The quantitative estimate of drug-likeness (QED) is 0.792. The minimum Gasteiger partial charge on any atom is -0.495 e. The van der Waals surface area contributed by atoms with Crippen LogP contribution >= 0.6 is 12.4 Å². The van der Waals surface area contributed by atoms with E-state index in [1.807, 2.05) is 30.3 Å². The fourth-order valence-electron chi connectivity index (χ4n) is 2.57. The first kappa shape index (κ1) is 22.5. The van der Waals surface area contributed by atoms with Gasteiger partial charge in [-0.3, -0.25) is 9.59 Å². The summed E-state index contributed by atoms with van der Waals surface area (Å²) >= 11 is 0. The van der Waals surface area contributed by atoms with Gasteiger partial charge in [0.25, 0.3) is 5.91 Å². The molecule has 2 atom stereocenters. The summed E-state index contributed by atoms with van der Waals surface area (Å²) in [6, 6.07) is 14.0. The number of hydrogen-bond acceptors (Lipinski definition) is 4. The van der Waals surface area contributed by atoms with E-state index < -0.39 is 12.0 Å². The lowest BCUT2D eigenvalue weighted by Crippen LogP contribution is -2.30. The second kappa shape index (κ2) is 9.94. The Balaban J connectivity index is 0.00000364. The van der Waals surface area contributed by atoms with Crippen molar-refractivity contribution in [2.45, 2.75) is 13.0 Å². The zero-order valence-corrected chi connectivity index (χ0v) is 16.7. The molecule has 2 aromatic carbocycles. The smallest absolute Gasteiger partial charge is 0.253 e. The molecule has 0 heterocycles. The number of amides is 2. The Hall–Kier alpha value is -2.57. The third kappa shape index (κ3) is 5.45. The third-order valence-electron chi connectivity index (χ3n) is 4.25. The molecule has 2 unspecified atom stereocenters. The average Bonchev–Trinajstić information content (AvgIpc) is 2.66. The van der Waals surface area contributed by atoms with Crippen molar-refractivity contribution in [2.75, 3.05) is 26.5 Å². The minimum atomic E-state index is -0.463. The zero-order valence-electron chi connectivity index (χ0n) is 15.9. The molecule has 0 saturated heterocycles. The number of rotatable bonds is 6. The van der Waals surface area contributed by atoms with Crippen LogP contribution in [0.5, 0.6) is 5.75 Å². The second-order valence-electron chi connectivity index (χ2n) is 6.33. The molecule has 0 bridgehead atoms. The van der Waals surface area contributed by atoms with Gasteiger partial charge in [0.2, 0.25) is 5.91 Å². The Bertz CT molecular complexity index is 781. The molecule has 2 amide bonds. The van der Waals surface area contributed by atoms with E-state index in [1.165, 1.54) is 12.0 Å². The molecule has 2 aromatic rings. The summed E-state index contributed by atoms with van der Waals surface area (Å²) < 4.78 is 5.30. The van der Waals surface area contributed by atoms with Gasteiger partial charge in [0.1, 0.15) is 5.75 Å². The van der Waals surface area contributed by atoms with Crippen LogP contribution in [0.2, 0.25) is 0 Å². The molecule has 0 fully saturated rings. The summed E-state index contributed by atoms with van der Waals surface area (Å²) in [5, 5.41) is 2.83. The number of halogens is 1. The summed E-state index contributed by atoms with van der Waals surface area (Å²) in [6.45, 7) is 1.77. The van der Waals surface area contributed by atoms with Gasteiger partial charge in [-0.1, -0.05) is 37.3 Å². The maximum Gasteiger partial charge on any atom is 0.253 e. The van der Waals surface area contributed by atoms with Crippen molar-refractivity contribution in [2.24, 2.45) is 11.7 Å². The molecular formula is C20H26ClN3O3. The van der Waals surface area contributed by atoms with Crippen molar-refractivity contribution < 1.29 is 14.3 Å². The number of benzene rings is 2. The first-order valence-electron chi connectivity index (χ1n) is 8.36. The Morgan fingerprint density at radius 2 is 1.74 bits per heavy atom. The van der Waals surface area contributed by atoms with E-state index in [1.54, 1.807) is 39.2 Å². The van der Waals surface area contributed by atoms with E-state index in [9.17, 15) is 9.59 Å². The van der Waals surface area contributed by atoms with Crippen molar-refractivity contribution >= 4 is 29.9 Å². The maximum atomic E-state index is 12.7. The van der Waals surface area contributed by atoms with Crippen molar-refractivity contribution in [3.8, 4) is 5.75 Å². The fraction of sp³-hybridized carbons (Fsp3) is 0.300. The SMILES string of the molecule is COc1ccc(C(=O)N(C)C)cc1NC(=O)C(C)C(N)c1ccccc1.Cl. The number of carbonyl (C=O) groups is 2. The predicted molar refractivity (Wildman–Crippen MR) is 109 cm³/mol. The van der Waals surface area contributed by atoms with Gasteiger partial charge in [-0.05, 0) is 23.8 Å². The zero-order chi connectivity index (χ0) is 19.3. The lowest BCUT2D eigenvalue weighted by atomic mass is 9.94. The van der Waals surface area contributed by atoms with E-state index in [-0.39, 0.29) is 24.2 Å². The van der Waals surface area contributed by atoms with Crippen molar-refractivity contribution in [1.29, 1.82) is 0 Å². The lowest BCUT2D eigenvalue weighted by molar-refractivity contribution is -0.120. The summed E-state index contributed by atoms with van der Waals surface area (Å²) in [6.07, 6.45) is 0. The number of methoxy groups -OCH3 is 1. The molecule has 0 spiro atoms. The number of nitrogens with zero attached hydrogens (tertiary/aromatic N) is 1. The molecule has 146 valence electrons. The highest BCUT2D eigenvalue weighted by Crippen LogP contribution is 2.28. The highest BCUT2D eigenvalue weighted by Gasteiger charge is 2.23. The lowest BCUT2D eigenvalue weighted by Gasteiger charge is -2.21. The number of nitrogens with one attached hydrogen (secondary N) is 1. The molecule has 27 heavy (non-hydrogen) atoms. The van der Waals surface area contributed by atoms with Crippen LogP contribution in [0.1, 0.15) is 28.9 Å². The van der Waals surface area contributed by atoms with Crippen LogP contribution in [0, 0.1) is 5.92 Å². The van der Waals surface area contributed by atoms with Gasteiger partial charge in [-0.2, -0.15) is 0 Å². The second-order valence-corrected chi connectivity index (χ2v) is 6.33. The van der Waals surface area contributed by atoms with Crippen LogP contribution in [0.3, 0.4) is 0 Å². The predicted octanol–water partition coefficient (Wildman–Crippen LogP) is 3.09. The molecule has 7 heteroatoms. The molecule has 0 aromatic heterocycles. The fourth-order valence-corrected chi connectivity index (χ4v) is 2.57. The number of hydrogen-bond donors (Lipinski definition) is 2. The van der Waals surface area contributed by atoms with Gasteiger partial charge >= 0.3 is 0 Å². The monoisotopic (exact) mass is 391 g/mol. The van der Waals surface area contributed by atoms with Crippen LogP contribution in [0.25, 0.3) is 0 Å². The van der Waals surface area contributed by atoms with Gasteiger partial charge < -0.3 is 20.7 Å². The molecule has 3 N–H and O–H groups in total. The Kier molecular flexibility index (Phi) is 8.28. The Morgan fingerprint density at radius 1 is 1.11 bits per heavy atom. The Labute approximate surface area is 166 Å². The number of ether oxygens (including phenoxy) is 1. The molecule has 0 radical (unpaired) electrons. The normalized spacial score (nSPS) is 12.3.